The lowest BCUT2D eigenvalue weighted by molar-refractivity contribution is 0.0179. The van der Waals surface area contributed by atoms with E-state index in [2.05, 4.69) is 14.9 Å². The van der Waals surface area contributed by atoms with Gasteiger partial charge in [0.2, 0.25) is 0 Å². The molecule has 0 saturated heterocycles. The molecule has 0 bridgehead atoms. The molecule has 0 aliphatic carbocycles. The predicted molar refractivity (Wildman–Crippen MR) is 68.5 cm³/mol. The highest BCUT2D eigenvalue weighted by Crippen LogP contribution is 2.03. The van der Waals surface area contributed by atoms with E-state index in [0.717, 1.165) is 25.3 Å². The third-order valence-corrected chi connectivity index (χ3v) is 2.67. The fraction of sp³-hybridized carbons (Fsp3) is 0.750. The predicted octanol–water partition coefficient (Wildman–Crippen LogP) is 0.281. The van der Waals surface area contributed by atoms with Crippen LogP contribution in [0.5, 0.6) is 0 Å². The van der Waals surface area contributed by atoms with Gasteiger partial charge in [-0.1, -0.05) is 0 Å². The van der Waals surface area contributed by atoms with Gasteiger partial charge in [-0.15, -0.1) is 0 Å². The molecule has 0 aliphatic heterocycles. The number of aromatic nitrogens is 2. The van der Waals surface area contributed by atoms with Crippen LogP contribution >= 0.6 is 0 Å². The van der Waals surface area contributed by atoms with E-state index in [1.165, 1.54) is 0 Å². The van der Waals surface area contributed by atoms with Crippen molar-refractivity contribution in [2.75, 3.05) is 41.1 Å². The normalized spacial score (nSPS) is 12.8. The fourth-order valence-electron chi connectivity index (χ4n) is 1.65. The summed E-state index contributed by atoms with van der Waals surface area (Å²) in [6.45, 7) is 3.62. The van der Waals surface area contributed by atoms with Crippen molar-refractivity contribution < 1.29 is 14.2 Å². The Morgan fingerprint density at radius 3 is 2.83 bits per heavy atom. The molecule has 0 aromatic carbocycles. The molecule has 6 nitrogen and oxygen atoms in total. The molecule has 1 aromatic heterocycles. The monoisotopic (exact) mass is 257 g/mol. The standard InChI is InChI=1S/C12H23N3O3/c1-16-5-4-13-6-11-7-14-10-15(11)8-12(18-3)9-17-2/h7,10,12-13H,4-6,8-9H2,1-3H3. The van der Waals surface area contributed by atoms with Crippen LogP contribution in [-0.4, -0.2) is 56.7 Å². The number of imidazole rings is 1. The first-order valence-corrected chi connectivity index (χ1v) is 6.02. The van der Waals surface area contributed by atoms with Gasteiger partial charge in [-0.05, 0) is 0 Å². The van der Waals surface area contributed by atoms with E-state index in [9.17, 15) is 0 Å². The van der Waals surface area contributed by atoms with Gasteiger partial charge >= 0.3 is 0 Å². The minimum absolute atomic E-state index is 0.0434. The number of nitrogens with zero attached hydrogens (tertiary/aromatic N) is 2. The average molecular weight is 257 g/mol. The first kappa shape index (κ1) is 15.1. The molecule has 1 rings (SSSR count). The zero-order chi connectivity index (χ0) is 13.2. The molecule has 0 radical (unpaired) electrons. The zero-order valence-electron chi connectivity index (χ0n) is 11.4. The Hall–Kier alpha value is -0.950. The molecule has 1 heterocycles. The molecule has 0 saturated carbocycles. The number of hydrogen-bond acceptors (Lipinski definition) is 5. The van der Waals surface area contributed by atoms with Crippen LogP contribution < -0.4 is 5.32 Å². The first-order chi connectivity index (χ1) is 8.81. The van der Waals surface area contributed by atoms with Crippen LogP contribution in [0.3, 0.4) is 0 Å². The Labute approximate surface area is 108 Å². The van der Waals surface area contributed by atoms with Crippen LogP contribution in [0, 0.1) is 0 Å². The van der Waals surface area contributed by atoms with E-state index in [-0.39, 0.29) is 6.10 Å². The maximum atomic E-state index is 5.35. The van der Waals surface area contributed by atoms with Crippen molar-refractivity contribution >= 4 is 0 Å². The van der Waals surface area contributed by atoms with Crippen molar-refractivity contribution in [2.24, 2.45) is 0 Å². The second-order valence-corrected chi connectivity index (χ2v) is 4.02. The maximum Gasteiger partial charge on any atom is 0.0983 e. The van der Waals surface area contributed by atoms with E-state index in [0.29, 0.717) is 13.2 Å². The summed E-state index contributed by atoms with van der Waals surface area (Å²) in [5.74, 6) is 0. The van der Waals surface area contributed by atoms with E-state index in [1.54, 1.807) is 21.3 Å². The Bertz CT molecular complexity index is 317. The summed E-state index contributed by atoms with van der Waals surface area (Å²) in [6, 6.07) is 0. The number of hydrogen-bond donors (Lipinski definition) is 1. The first-order valence-electron chi connectivity index (χ1n) is 6.02. The van der Waals surface area contributed by atoms with Gasteiger partial charge in [-0.2, -0.15) is 0 Å². The highest BCUT2D eigenvalue weighted by Gasteiger charge is 2.10. The van der Waals surface area contributed by atoms with Crippen molar-refractivity contribution in [1.29, 1.82) is 0 Å². The van der Waals surface area contributed by atoms with Gasteiger partial charge in [0, 0.05) is 40.6 Å². The Kier molecular flexibility index (Phi) is 7.59. The third-order valence-electron chi connectivity index (χ3n) is 2.67. The summed E-state index contributed by atoms with van der Waals surface area (Å²) in [5.41, 5.74) is 1.13. The fourth-order valence-corrected chi connectivity index (χ4v) is 1.65. The van der Waals surface area contributed by atoms with Crippen LogP contribution in [-0.2, 0) is 27.3 Å². The Balaban J connectivity index is 2.43. The van der Waals surface area contributed by atoms with Gasteiger partial charge in [0.1, 0.15) is 0 Å². The smallest absolute Gasteiger partial charge is 0.0983 e. The second-order valence-electron chi connectivity index (χ2n) is 4.02. The molecule has 1 aromatic rings. The van der Waals surface area contributed by atoms with Crippen molar-refractivity contribution in [2.45, 2.75) is 19.2 Å². The topological polar surface area (TPSA) is 57.5 Å². The third kappa shape index (κ3) is 5.14. The van der Waals surface area contributed by atoms with Gasteiger partial charge in [0.25, 0.3) is 0 Å². The van der Waals surface area contributed by atoms with Crippen LogP contribution in [0.25, 0.3) is 0 Å². The molecule has 104 valence electrons. The van der Waals surface area contributed by atoms with Crippen molar-refractivity contribution in [3.63, 3.8) is 0 Å². The van der Waals surface area contributed by atoms with Crippen LogP contribution in [0.4, 0.5) is 0 Å². The lowest BCUT2D eigenvalue weighted by Gasteiger charge is -2.16. The molecular weight excluding hydrogens is 234 g/mol. The minimum Gasteiger partial charge on any atom is -0.383 e. The van der Waals surface area contributed by atoms with Crippen LogP contribution in [0.2, 0.25) is 0 Å². The molecule has 1 atom stereocenters. The Morgan fingerprint density at radius 1 is 1.33 bits per heavy atom. The molecule has 0 amide bonds. The number of methoxy groups -OCH3 is 3. The van der Waals surface area contributed by atoms with Crippen LogP contribution in [0.15, 0.2) is 12.5 Å². The van der Waals surface area contributed by atoms with E-state index in [1.807, 2.05) is 12.5 Å². The highest BCUT2D eigenvalue weighted by atomic mass is 16.5. The van der Waals surface area contributed by atoms with Crippen molar-refractivity contribution in [3.05, 3.63) is 18.2 Å². The maximum absolute atomic E-state index is 5.35. The number of nitrogens with one attached hydrogen (secondary N) is 1. The van der Waals surface area contributed by atoms with E-state index < -0.39 is 0 Å². The summed E-state index contributed by atoms with van der Waals surface area (Å²) in [5, 5.41) is 3.29. The number of rotatable bonds is 10. The molecule has 0 fully saturated rings. The quantitative estimate of drug-likeness (QED) is 0.610. The average Bonchev–Trinajstić information content (AvgIpc) is 2.81. The molecular formula is C12H23N3O3. The summed E-state index contributed by atoms with van der Waals surface area (Å²) in [7, 11) is 5.06. The SMILES string of the molecule is COCCNCc1cncn1CC(COC)OC. The Morgan fingerprint density at radius 2 is 2.17 bits per heavy atom. The molecule has 0 spiro atoms. The number of ether oxygens (including phenoxy) is 3. The molecule has 1 N–H and O–H groups in total. The van der Waals surface area contributed by atoms with Crippen LogP contribution in [0.1, 0.15) is 5.69 Å². The van der Waals surface area contributed by atoms with Gasteiger partial charge in [0.15, 0.2) is 0 Å². The van der Waals surface area contributed by atoms with Crippen molar-refractivity contribution in [3.8, 4) is 0 Å². The summed E-state index contributed by atoms with van der Waals surface area (Å²) >= 11 is 0. The zero-order valence-corrected chi connectivity index (χ0v) is 11.4. The lowest BCUT2D eigenvalue weighted by Crippen LogP contribution is -2.26. The molecule has 6 heteroatoms. The molecule has 18 heavy (non-hydrogen) atoms. The van der Waals surface area contributed by atoms with E-state index in [4.69, 9.17) is 14.2 Å². The van der Waals surface area contributed by atoms with Gasteiger partial charge in [-0.3, -0.25) is 0 Å². The van der Waals surface area contributed by atoms with Gasteiger partial charge < -0.3 is 24.1 Å². The largest absolute Gasteiger partial charge is 0.383 e. The minimum atomic E-state index is 0.0434. The summed E-state index contributed by atoms with van der Waals surface area (Å²) in [6.07, 6.45) is 3.72. The second kappa shape index (κ2) is 9.04. The molecule has 0 aliphatic rings. The summed E-state index contributed by atoms with van der Waals surface area (Å²) in [4.78, 5) is 4.16. The molecule has 1 unspecified atom stereocenters. The summed E-state index contributed by atoms with van der Waals surface area (Å²) < 4.78 is 17.5. The van der Waals surface area contributed by atoms with Gasteiger partial charge in [-0.25, -0.2) is 4.98 Å². The van der Waals surface area contributed by atoms with E-state index >= 15 is 0 Å². The highest BCUT2D eigenvalue weighted by molar-refractivity contribution is 4.98. The lowest BCUT2D eigenvalue weighted by atomic mass is 10.3. The van der Waals surface area contributed by atoms with Crippen molar-refractivity contribution in [1.82, 2.24) is 14.9 Å². The van der Waals surface area contributed by atoms with Gasteiger partial charge in [0.05, 0.1) is 37.9 Å².